The SMILES string of the molecule is Cc1ccc2cc(Cl)ccc2c1-c1ccccc1F. The number of fused-ring (bicyclic) bond motifs is 1. The molecular weight excluding hydrogens is 259 g/mol. The van der Waals surface area contributed by atoms with Gasteiger partial charge in [0.1, 0.15) is 5.82 Å². The van der Waals surface area contributed by atoms with Gasteiger partial charge < -0.3 is 0 Å². The van der Waals surface area contributed by atoms with Crippen molar-refractivity contribution in [1.82, 2.24) is 0 Å². The number of aryl methyl sites for hydroxylation is 1. The van der Waals surface area contributed by atoms with Crippen molar-refractivity contribution >= 4 is 22.4 Å². The molecule has 0 saturated heterocycles. The second-order valence-electron chi connectivity index (χ2n) is 4.60. The van der Waals surface area contributed by atoms with Gasteiger partial charge in [0.2, 0.25) is 0 Å². The molecular formula is C17H12ClF. The van der Waals surface area contributed by atoms with Crippen LogP contribution >= 0.6 is 11.6 Å². The van der Waals surface area contributed by atoms with Crippen LogP contribution in [0, 0.1) is 12.7 Å². The molecule has 0 N–H and O–H groups in total. The molecule has 0 spiro atoms. The zero-order valence-electron chi connectivity index (χ0n) is 10.5. The number of hydrogen-bond donors (Lipinski definition) is 0. The van der Waals surface area contributed by atoms with Crippen molar-refractivity contribution in [1.29, 1.82) is 0 Å². The average molecular weight is 271 g/mol. The lowest BCUT2D eigenvalue weighted by molar-refractivity contribution is 0.631. The highest BCUT2D eigenvalue weighted by atomic mass is 35.5. The molecule has 3 aromatic rings. The van der Waals surface area contributed by atoms with E-state index in [0.29, 0.717) is 10.6 Å². The normalized spacial score (nSPS) is 10.9. The van der Waals surface area contributed by atoms with Crippen LogP contribution < -0.4 is 0 Å². The summed E-state index contributed by atoms with van der Waals surface area (Å²) in [6.07, 6.45) is 0. The van der Waals surface area contributed by atoms with Crippen LogP contribution in [0.1, 0.15) is 5.56 Å². The molecule has 0 fully saturated rings. The lowest BCUT2D eigenvalue weighted by Gasteiger charge is -2.11. The summed E-state index contributed by atoms with van der Waals surface area (Å²) in [5.74, 6) is -0.201. The molecule has 2 heteroatoms. The number of rotatable bonds is 1. The lowest BCUT2D eigenvalue weighted by atomic mass is 9.94. The molecule has 3 rings (SSSR count). The highest BCUT2D eigenvalue weighted by molar-refractivity contribution is 6.31. The highest BCUT2D eigenvalue weighted by Gasteiger charge is 2.11. The summed E-state index contributed by atoms with van der Waals surface area (Å²) in [4.78, 5) is 0. The van der Waals surface area contributed by atoms with E-state index in [4.69, 9.17) is 11.6 Å². The second kappa shape index (κ2) is 4.67. The Kier molecular flexibility index (Phi) is 3.00. The van der Waals surface area contributed by atoms with E-state index in [0.717, 1.165) is 21.9 Å². The minimum absolute atomic E-state index is 0.201. The third-order valence-electron chi connectivity index (χ3n) is 3.33. The summed E-state index contributed by atoms with van der Waals surface area (Å²) >= 11 is 6.01. The predicted octanol–water partition coefficient (Wildman–Crippen LogP) is 5.61. The van der Waals surface area contributed by atoms with Crippen LogP contribution in [0.3, 0.4) is 0 Å². The van der Waals surface area contributed by atoms with Crippen molar-refractivity contribution < 1.29 is 4.39 Å². The van der Waals surface area contributed by atoms with Gasteiger partial charge in [0.05, 0.1) is 0 Å². The molecule has 0 nitrogen and oxygen atoms in total. The Balaban J connectivity index is 2.40. The Morgan fingerprint density at radius 2 is 1.74 bits per heavy atom. The van der Waals surface area contributed by atoms with E-state index in [1.807, 2.05) is 49.4 Å². The molecule has 0 amide bonds. The van der Waals surface area contributed by atoms with Crippen LogP contribution in [0.25, 0.3) is 21.9 Å². The maximum Gasteiger partial charge on any atom is 0.131 e. The number of hydrogen-bond acceptors (Lipinski definition) is 0. The van der Waals surface area contributed by atoms with Crippen molar-refractivity contribution in [2.24, 2.45) is 0 Å². The van der Waals surface area contributed by atoms with Crippen molar-refractivity contribution in [3.8, 4) is 11.1 Å². The van der Waals surface area contributed by atoms with Gasteiger partial charge in [-0.3, -0.25) is 0 Å². The Bertz CT molecular complexity index is 762. The van der Waals surface area contributed by atoms with Crippen LogP contribution in [-0.4, -0.2) is 0 Å². The zero-order chi connectivity index (χ0) is 13.4. The number of halogens is 2. The first-order valence-electron chi connectivity index (χ1n) is 6.10. The minimum atomic E-state index is -0.201. The maximum absolute atomic E-state index is 14.0. The summed E-state index contributed by atoms with van der Waals surface area (Å²) in [6, 6.07) is 16.6. The third-order valence-corrected chi connectivity index (χ3v) is 3.57. The first kappa shape index (κ1) is 12.2. The van der Waals surface area contributed by atoms with Crippen molar-refractivity contribution in [2.75, 3.05) is 0 Å². The molecule has 19 heavy (non-hydrogen) atoms. The molecule has 0 heterocycles. The van der Waals surface area contributed by atoms with Gasteiger partial charge in [0.25, 0.3) is 0 Å². The molecule has 0 radical (unpaired) electrons. The third kappa shape index (κ3) is 2.11. The fraction of sp³-hybridized carbons (Fsp3) is 0.0588. The predicted molar refractivity (Wildman–Crippen MR) is 79.1 cm³/mol. The summed E-state index contributed by atoms with van der Waals surface area (Å²) < 4.78 is 14.0. The van der Waals surface area contributed by atoms with Crippen LogP contribution in [0.4, 0.5) is 4.39 Å². The van der Waals surface area contributed by atoms with Gasteiger partial charge in [0, 0.05) is 10.6 Å². The van der Waals surface area contributed by atoms with Crippen molar-refractivity contribution in [2.45, 2.75) is 6.92 Å². The van der Waals surface area contributed by atoms with Crippen LogP contribution in [0.2, 0.25) is 5.02 Å². The van der Waals surface area contributed by atoms with Gasteiger partial charge in [-0.15, -0.1) is 0 Å². The van der Waals surface area contributed by atoms with E-state index in [1.54, 1.807) is 6.07 Å². The molecule has 94 valence electrons. The summed E-state index contributed by atoms with van der Waals surface area (Å²) in [5, 5.41) is 2.74. The standard InChI is InChI=1S/C17H12ClF/c1-11-6-7-12-10-13(18)8-9-14(12)17(11)15-4-2-3-5-16(15)19/h2-10H,1H3. The summed E-state index contributed by atoms with van der Waals surface area (Å²) in [5.41, 5.74) is 2.63. The smallest absolute Gasteiger partial charge is 0.131 e. The van der Waals surface area contributed by atoms with Crippen LogP contribution in [-0.2, 0) is 0 Å². The Morgan fingerprint density at radius 1 is 0.947 bits per heavy atom. The van der Waals surface area contributed by atoms with E-state index in [-0.39, 0.29) is 5.82 Å². The summed E-state index contributed by atoms with van der Waals surface area (Å²) in [6.45, 7) is 2.00. The van der Waals surface area contributed by atoms with E-state index in [9.17, 15) is 4.39 Å². The maximum atomic E-state index is 14.0. The average Bonchev–Trinajstić information content (AvgIpc) is 2.40. The van der Waals surface area contributed by atoms with Crippen molar-refractivity contribution in [3.63, 3.8) is 0 Å². The fourth-order valence-corrected chi connectivity index (χ4v) is 2.61. The molecule has 0 bridgehead atoms. The lowest BCUT2D eigenvalue weighted by Crippen LogP contribution is -1.89. The molecule has 0 aliphatic heterocycles. The van der Waals surface area contributed by atoms with Gasteiger partial charge in [-0.1, -0.05) is 48.0 Å². The van der Waals surface area contributed by atoms with Crippen molar-refractivity contribution in [3.05, 3.63) is 71.0 Å². The Hall–Kier alpha value is -1.86. The largest absolute Gasteiger partial charge is 0.206 e. The topological polar surface area (TPSA) is 0 Å². The first-order chi connectivity index (χ1) is 9.16. The fourth-order valence-electron chi connectivity index (χ4n) is 2.43. The van der Waals surface area contributed by atoms with E-state index < -0.39 is 0 Å². The van der Waals surface area contributed by atoms with Gasteiger partial charge in [-0.2, -0.15) is 0 Å². The molecule has 0 saturated carbocycles. The summed E-state index contributed by atoms with van der Waals surface area (Å²) in [7, 11) is 0. The van der Waals surface area contributed by atoms with Crippen LogP contribution in [0.15, 0.2) is 54.6 Å². The van der Waals surface area contributed by atoms with Crippen LogP contribution in [0.5, 0.6) is 0 Å². The second-order valence-corrected chi connectivity index (χ2v) is 5.04. The van der Waals surface area contributed by atoms with E-state index >= 15 is 0 Å². The molecule has 0 atom stereocenters. The molecule has 3 aromatic carbocycles. The Morgan fingerprint density at radius 3 is 2.53 bits per heavy atom. The van der Waals surface area contributed by atoms with Gasteiger partial charge in [-0.05, 0) is 47.0 Å². The van der Waals surface area contributed by atoms with Gasteiger partial charge in [0.15, 0.2) is 0 Å². The molecule has 0 aromatic heterocycles. The van der Waals surface area contributed by atoms with Gasteiger partial charge in [-0.25, -0.2) is 4.39 Å². The molecule has 0 aliphatic rings. The zero-order valence-corrected chi connectivity index (χ0v) is 11.2. The molecule has 0 unspecified atom stereocenters. The minimum Gasteiger partial charge on any atom is -0.206 e. The Labute approximate surface area is 116 Å². The number of benzene rings is 3. The quantitative estimate of drug-likeness (QED) is 0.539. The van der Waals surface area contributed by atoms with Gasteiger partial charge >= 0.3 is 0 Å². The van der Waals surface area contributed by atoms with E-state index in [1.165, 1.54) is 6.07 Å². The first-order valence-corrected chi connectivity index (χ1v) is 6.48. The highest BCUT2D eigenvalue weighted by Crippen LogP contribution is 2.34. The van der Waals surface area contributed by atoms with E-state index in [2.05, 4.69) is 0 Å². The molecule has 0 aliphatic carbocycles. The monoisotopic (exact) mass is 270 g/mol.